The van der Waals surface area contributed by atoms with Crippen molar-refractivity contribution >= 4 is 61.3 Å². The number of Topliss-reactive ketones (excluding diaryl/α,β-unsaturated/α-hetero) is 1. The molecule has 1 fully saturated rings. The van der Waals surface area contributed by atoms with Gasteiger partial charge in [0.15, 0.2) is 11.5 Å². The molecule has 0 saturated carbocycles. The summed E-state index contributed by atoms with van der Waals surface area (Å²) >= 11 is 4.86. The molecule has 2 aliphatic heterocycles. The summed E-state index contributed by atoms with van der Waals surface area (Å²) in [6.07, 6.45) is 0. The Morgan fingerprint density at radius 1 is 1.03 bits per heavy atom. The zero-order chi connectivity index (χ0) is 25.7. The molecule has 7 nitrogen and oxygen atoms in total. The van der Waals surface area contributed by atoms with Crippen LogP contribution in [0.4, 0.5) is 11.4 Å². The minimum absolute atomic E-state index is 0.0220. The largest absolute Gasteiger partial charge is 0.503 e. The number of carbonyl (C=O) groups is 2. The van der Waals surface area contributed by atoms with Crippen molar-refractivity contribution in [3.63, 3.8) is 0 Å². The molecule has 1 amide bonds. The summed E-state index contributed by atoms with van der Waals surface area (Å²) < 4.78 is 6.69. The second-order valence-electron chi connectivity index (χ2n) is 9.28. The molecule has 0 spiro atoms. The lowest BCUT2D eigenvalue weighted by Gasteiger charge is -2.34. The van der Waals surface area contributed by atoms with Gasteiger partial charge in [-0.1, -0.05) is 22.0 Å². The van der Waals surface area contributed by atoms with E-state index in [9.17, 15) is 14.7 Å². The Kier molecular flexibility index (Phi) is 6.14. The Bertz CT molecular complexity index is 1520. The third-order valence-corrected chi connectivity index (χ3v) is 8.38. The summed E-state index contributed by atoms with van der Waals surface area (Å²) in [7, 11) is 2.12. The Morgan fingerprint density at radius 2 is 1.76 bits per heavy atom. The minimum Gasteiger partial charge on any atom is -0.503 e. The van der Waals surface area contributed by atoms with Gasteiger partial charge in [0.2, 0.25) is 5.78 Å². The molecular weight excluding hydrogens is 554 g/mol. The van der Waals surface area contributed by atoms with Crippen LogP contribution in [0.3, 0.4) is 0 Å². The van der Waals surface area contributed by atoms with Gasteiger partial charge in [-0.2, -0.15) is 0 Å². The van der Waals surface area contributed by atoms with E-state index in [0.29, 0.717) is 11.3 Å². The van der Waals surface area contributed by atoms with Crippen LogP contribution < -0.4 is 9.80 Å². The first-order valence-corrected chi connectivity index (χ1v) is 13.7. The fraction of sp³-hybridized carbons (Fsp3) is 0.214. The number of furan rings is 1. The summed E-state index contributed by atoms with van der Waals surface area (Å²) in [5, 5.41) is 13.7. The van der Waals surface area contributed by atoms with E-state index < -0.39 is 23.5 Å². The molecular formula is C28H24BrN3O4S. The number of hydrogen-bond donors (Lipinski definition) is 1. The molecule has 37 heavy (non-hydrogen) atoms. The Balaban J connectivity index is 1.36. The molecule has 0 bridgehead atoms. The van der Waals surface area contributed by atoms with E-state index in [4.69, 9.17) is 4.42 Å². The maximum absolute atomic E-state index is 13.7. The molecule has 4 heterocycles. The normalized spacial score (nSPS) is 18.9. The average Bonchev–Trinajstić information content (AvgIpc) is 3.63. The van der Waals surface area contributed by atoms with E-state index >= 15 is 0 Å². The standard InChI is InChI=1S/C28H24BrN3O4S/c1-30-10-12-31(13-11-30)19-5-7-20(8-6-19)32-25(23-3-2-14-37-23)24(27(34)28(32)35)26(33)22-16-17-15-18(29)4-9-21(17)36-22/h2-9,14-16,25,34H,10-13H2,1H3. The second-order valence-corrected chi connectivity index (χ2v) is 11.2. The van der Waals surface area contributed by atoms with Crippen LogP contribution >= 0.6 is 27.3 Å². The summed E-state index contributed by atoms with van der Waals surface area (Å²) in [5.41, 5.74) is 2.27. The minimum atomic E-state index is -0.755. The molecule has 188 valence electrons. The molecule has 9 heteroatoms. The molecule has 0 radical (unpaired) electrons. The van der Waals surface area contributed by atoms with Crippen LogP contribution in [-0.4, -0.2) is 54.9 Å². The summed E-state index contributed by atoms with van der Waals surface area (Å²) in [5.74, 6) is -1.58. The van der Waals surface area contributed by atoms with Crippen LogP contribution in [-0.2, 0) is 4.79 Å². The first-order valence-electron chi connectivity index (χ1n) is 12.0. The lowest BCUT2D eigenvalue weighted by molar-refractivity contribution is -0.117. The SMILES string of the molecule is CN1CCN(c2ccc(N3C(=O)C(O)=C(C(=O)c4cc5cc(Br)ccc5o4)C3c3cccs3)cc2)CC1. The number of hydrogen-bond acceptors (Lipinski definition) is 7. The maximum Gasteiger partial charge on any atom is 0.294 e. The first kappa shape index (κ1) is 24.0. The Labute approximate surface area is 226 Å². The lowest BCUT2D eigenvalue weighted by Crippen LogP contribution is -2.44. The number of thiophene rings is 1. The fourth-order valence-corrected chi connectivity index (χ4v) is 6.17. The van der Waals surface area contributed by atoms with Crippen molar-refractivity contribution in [2.75, 3.05) is 43.0 Å². The lowest BCUT2D eigenvalue weighted by atomic mass is 10.00. The average molecular weight is 578 g/mol. The molecule has 6 rings (SSSR count). The number of anilines is 2. The van der Waals surface area contributed by atoms with Crippen LogP contribution in [0, 0.1) is 0 Å². The highest BCUT2D eigenvalue weighted by Crippen LogP contribution is 2.44. The van der Waals surface area contributed by atoms with Gasteiger partial charge in [0.05, 0.1) is 5.57 Å². The van der Waals surface area contributed by atoms with Gasteiger partial charge in [-0.05, 0) is 67.0 Å². The molecule has 1 saturated heterocycles. The topological polar surface area (TPSA) is 77.2 Å². The van der Waals surface area contributed by atoms with Crippen LogP contribution in [0.5, 0.6) is 0 Å². The van der Waals surface area contributed by atoms with E-state index in [1.165, 1.54) is 16.2 Å². The first-order chi connectivity index (χ1) is 17.9. The molecule has 1 atom stereocenters. The zero-order valence-corrected chi connectivity index (χ0v) is 22.5. The third kappa shape index (κ3) is 4.27. The number of ketones is 1. The van der Waals surface area contributed by atoms with Crippen molar-refractivity contribution in [3.05, 3.63) is 92.5 Å². The van der Waals surface area contributed by atoms with E-state index in [0.717, 1.165) is 46.6 Å². The Morgan fingerprint density at radius 3 is 2.46 bits per heavy atom. The highest BCUT2D eigenvalue weighted by molar-refractivity contribution is 9.10. The monoisotopic (exact) mass is 577 g/mol. The number of rotatable bonds is 5. The number of fused-ring (bicyclic) bond motifs is 1. The smallest absolute Gasteiger partial charge is 0.294 e. The highest BCUT2D eigenvalue weighted by atomic mass is 79.9. The van der Waals surface area contributed by atoms with E-state index in [-0.39, 0.29) is 11.3 Å². The molecule has 4 aromatic rings. The van der Waals surface area contributed by atoms with Crippen LogP contribution in [0.1, 0.15) is 21.5 Å². The molecule has 1 N–H and O–H groups in total. The van der Waals surface area contributed by atoms with Gasteiger partial charge < -0.3 is 19.3 Å². The summed E-state index contributed by atoms with van der Waals surface area (Å²) in [4.78, 5) is 34.0. The van der Waals surface area contributed by atoms with E-state index in [1.807, 2.05) is 53.9 Å². The number of benzene rings is 2. The number of likely N-dealkylation sites (N-methyl/N-ethyl adjacent to an activating group) is 1. The maximum atomic E-state index is 13.7. The van der Waals surface area contributed by atoms with Crippen molar-refractivity contribution in [3.8, 4) is 0 Å². The van der Waals surface area contributed by atoms with Crippen molar-refractivity contribution in [2.45, 2.75) is 6.04 Å². The van der Waals surface area contributed by atoms with Crippen molar-refractivity contribution < 1.29 is 19.1 Å². The van der Waals surface area contributed by atoms with Gasteiger partial charge in [0, 0.05) is 52.3 Å². The quantitative estimate of drug-likeness (QED) is 0.302. The number of carbonyl (C=O) groups excluding carboxylic acids is 2. The predicted molar refractivity (Wildman–Crippen MR) is 149 cm³/mol. The molecule has 2 aliphatic rings. The van der Waals surface area contributed by atoms with Gasteiger partial charge in [0.25, 0.3) is 5.91 Å². The molecule has 2 aromatic heterocycles. The Hall–Kier alpha value is -3.40. The van der Waals surface area contributed by atoms with Gasteiger partial charge in [-0.25, -0.2) is 0 Å². The van der Waals surface area contributed by atoms with Crippen LogP contribution in [0.2, 0.25) is 0 Å². The van der Waals surface area contributed by atoms with Gasteiger partial charge in [0.1, 0.15) is 11.6 Å². The third-order valence-electron chi connectivity index (χ3n) is 6.96. The predicted octanol–water partition coefficient (Wildman–Crippen LogP) is 5.79. The van der Waals surface area contributed by atoms with E-state index in [2.05, 4.69) is 32.8 Å². The van der Waals surface area contributed by atoms with Crippen LogP contribution in [0.15, 0.2) is 86.3 Å². The van der Waals surface area contributed by atoms with E-state index in [1.54, 1.807) is 12.1 Å². The second kappa shape index (κ2) is 9.48. The number of aliphatic hydroxyl groups excluding tert-OH is 1. The van der Waals surface area contributed by atoms with Gasteiger partial charge in [-0.3, -0.25) is 14.5 Å². The van der Waals surface area contributed by atoms with Gasteiger partial charge in [-0.15, -0.1) is 11.3 Å². The van der Waals surface area contributed by atoms with Crippen molar-refractivity contribution in [1.29, 1.82) is 0 Å². The molecule has 2 aromatic carbocycles. The van der Waals surface area contributed by atoms with Crippen LogP contribution in [0.25, 0.3) is 11.0 Å². The molecule has 0 aliphatic carbocycles. The number of halogens is 1. The summed E-state index contributed by atoms with van der Waals surface area (Å²) in [6, 6.07) is 17.8. The number of aliphatic hydroxyl groups is 1. The van der Waals surface area contributed by atoms with Gasteiger partial charge >= 0.3 is 0 Å². The highest BCUT2D eigenvalue weighted by Gasteiger charge is 2.45. The number of piperazine rings is 1. The number of nitrogens with zero attached hydrogens (tertiary/aromatic N) is 3. The molecule has 1 unspecified atom stereocenters. The zero-order valence-electron chi connectivity index (χ0n) is 20.1. The summed E-state index contributed by atoms with van der Waals surface area (Å²) in [6.45, 7) is 3.86. The fourth-order valence-electron chi connectivity index (χ4n) is 4.97. The van der Waals surface area contributed by atoms with Crippen molar-refractivity contribution in [1.82, 2.24) is 4.90 Å². The van der Waals surface area contributed by atoms with Crippen molar-refractivity contribution in [2.24, 2.45) is 0 Å². The number of amides is 1.